The molecule has 1 aromatic heterocycles. The summed E-state index contributed by atoms with van der Waals surface area (Å²) < 4.78 is 2.84. The summed E-state index contributed by atoms with van der Waals surface area (Å²) in [5, 5.41) is 11.5. The summed E-state index contributed by atoms with van der Waals surface area (Å²) in [6.07, 6.45) is 3.42. The van der Waals surface area contributed by atoms with Crippen LogP contribution < -0.4 is 5.32 Å². The Balaban J connectivity index is 2.62. The molecule has 1 heterocycles. The standard InChI is InChI=1S/C12H19BrN2O2/c1-9(2)15-8-10(13)7-11(15)12(17)14-5-3-4-6-16/h7-9,16H,3-6H2,1-2H3,(H,14,17). The van der Waals surface area contributed by atoms with Crippen LogP contribution in [0.1, 0.15) is 43.2 Å². The smallest absolute Gasteiger partial charge is 0.267 e. The third-order valence-corrected chi connectivity index (χ3v) is 2.91. The van der Waals surface area contributed by atoms with E-state index in [2.05, 4.69) is 21.2 Å². The molecule has 0 aliphatic heterocycles. The topological polar surface area (TPSA) is 54.3 Å². The van der Waals surface area contributed by atoms with Crippen molar-refractivity contribution in [1.82, 2.24) is 9.88 Å². The maximum absolute atomic E-state index is 11.9. The minimum Gasteiger partial charge on any atom is -0.396 e. The van der Waals surface area contributed by atoms with E-state index in [1.807, 2.05) is 30.7 Å². The van der Waals surface area contributed by atoms with Crippen molar-refractivity contribution in [2.24, 2.45) is 0 Å². The van der Waals surface area contributed by atoms with Gasteiger partial charge in [0.2, 0.25) is 0 Å². The highest BCUT2D eigenvalue weighted by molar-refractivity contribution is 9.10. The van der Waals surface area contributed by atoms with Gasteiger partial charge in [-0.1, -0.05) is 0 Å². The number of hydrogen-bond donors (Lipinski definition) is 2. The van der Waals surface area contributed by atoms with Gasteiger partial charge < -0.3 is 15.0 Å². The number of halogens is 1. The Labute approximate surface area is 110 Å². The number of aromatic nitrogens is 1. The van der Waals surface area contributed by atoms with Crippen molar-refractivity contribution in [3.8, 4) is 0 Å². The van der Waals surface area contributed by atoms with Gasteiger partial charge in [-0.15, -0.1) is 0 Å². The lowest BCUT2D eigenvalue weighted by Gasteiger charge is -2.12. The molecule has 0 unspecified atom stereocenters. The first kappa shape index (κ1) is 14.3. The van der Waals surface area contributed by atoms with Crippen LogP contribution in [0.3, 0.4) is 0 Å². The second-order valence-corrected chi connectivity index (χ2v) is 5.15. The zero-order valence-electron chi connectivity index (χ0n) is 10.2. The van der Waals surface area contributed by atoms with E-state index < -0.39 is 0 Å². The second kappa shape index (κ2) is 6.81. The number of carbonyl (C=O) groups excluding carboxylic acids is 1. The third-order valence-electron chi connectivity index (χ3n) is 2.47. The SMILES string of the molecule is CC(C)n1cc(Br)cc1C(=O)NCCCCO. The molecule has 1 rings (SSSR count). The molecular weight excluding hydrogens is 284 g/mol. The van der Waals surface area contributed by atoms with Crippen molar-refractivity contribution in [2.45, 2.75) is 32.7 Å². The molecule has 1 amide bonds. The number of hydrogen-bond acceptors (Lipinski definition) is 2. The van der Waals surface area contributed by atoms with E-state index >= 15 is 0 Å². The summed E-state index contributed by atoms with van der Waals surface area (Å²) in [6, 6.07) is 2.07. The summed E-state index contributed by atoms with van der Waals surface area (Å²) in [7, 11) is 0. The van der Waals surface area contributed by atoms with Crippen LogP contribution in [0.5, 0.6) is 0 Å². The van der Waals surface area contributed by atoms with Crippen LogP contribution in [-0.2, 0) is 0 Å². The first-order valence-corrected chi connectivity index (χ1v) is 6.62. The molecule has 2 N–H and O–H groups in total. The normalized spacial score (nSPS) is 10.9. The molecule has 0 fully saturated rings. The van der Waals surface area contributed by atoms with E-state index in [1.54, 1.807) is 0 Å². The molecule has 0 aromatic carbocycles. The van der Waals surface area contributed by atoms with Crippen LogP contribution in [0.15, 0.2) is 16.7 Å². The van der Waals surface area contributed by atoms with Crippen molar-refractivity contribution in [2.75, 3.05) is 13.2 Å². The Bertz CT molecular complexity index is 375. The fourth-order valence-electron chi connectivity index (χ4n) is 1.58. The summed E-state index contributed by atoms with van der Waals surface area (Å²) in [6.45, 7) is 4.84. The van der Waals surface area contributed by atoms with Crippen molar-refractivity contribution in [3.63, 3.8) is 0 Å². The van der Waals surface area contributed by atoms with Gasteiger partial charge in [0.1, 0.15) is 5.69 Å². The van der Waals surface area contributed by atoms with Gasteiger partial charge in [-0.05, 0) is 48.7 Å². The zero-order valence-corrected chi connectivity index (χ0v) is 11.8. The highest BCUT2D eigenvalue weighted by atomic mass is 79.9. The minimum atomic E-state index is -0.0673. The fourth-order valence-corrected chi connectivity index (χ4v) is 2.02. The quantitative estimate of drug-likeness (QED) is 0.793. The van der Waals surface area contributed by atoms with E-state index in [0.29, 0.717) is 12.2 Å². The summed E-state index contributed by atoms with van der Waals surface area (Å²) in [5.41, 5.74) is 0.663. The lowest BCUT2D eigenvalue weighted by Crippen LogP contribution is -2.27. The Kier molecular flexibility index (Phi) is 5.71. The van der Waals surface area contributed by atoms with Gasteiger partial charge in [0.05, 0.1) is 0 Å². The second-order valence-electron chi connectivity index (χ2n) is 4.23. The number of nitrogens with zero attached hydrogens (tertiary/aromatic N) is 1. The predicted octanol–water partition coefficient (Wildman–Crippen LogP) is 2.33. The summed E-state index contributed by atoms with van der Waals surface area (Å²) in [5.74, 6) is -0.0673. The molecular formula is C12H19BrN2O2. The number of carbonyl (C=O) groups is 1. The van der Waals surface area contributed by atoms with E-state index in [-0.39, 0.29) is 18.6 Å². The van der Waals surface area contributed by atoms with Crippen molar-refractivity contribution in [1.29, 1.82) is 0 Å². The maximum atomic E-state index is 11.9. The van der Waals surface area contributed by atoms with Crippen LogP contribution in [0.25, 0.3) is 0 Å². The van der Waals surface area contributed by atoms with Crippen LogP contribution in [0, 0.1) is 0 Å². The Morgan fingerprint density at radius 2 is 2.24 bits per heavy atom. The number of nitrogens with one attached hydrogen (secondary N) is 1. The number of unbranched alkanes of at least 4 members (excludes halogenated alkanes) is 1. The third kappa shape index (κ3) is 4.16. The van der Waals surface area contributed by atoms with Crippen LogP contribution in [0.4, 0.5) is 0 Å². The Morgan fingerprint density at radius 3 is 2.82 bits per heavy atom. The van der Waals surface area contributed by atoms with Gasteiger partial charge in [-0.2, -0.15) is 0 Å². The first-order chi connectivity index (χ1) is 8.06. The van der Waals surface area contributed by atoms with E-state index in [9.17, 15) is 4.79 Å². The summed E-state index contributed by atoms with van der Waals surface area (Å²) >= 11 is 3.38. The molecule has 0 saturated heterocycles. The van der Waals surface area contributed by atoms with Gasteiger partial charge in [0, 0.05) is 29.9 Å². The molecule has 1 aromatic rings. The van der Waals surface area contributed by atoms with Crippen LogP contribution in [0.2, 0.25) is 0 Å². The molecule has 0 atom stereocenters. The van der Waals surface area contributed by atoms with E-state index in [4.69, 9.17) is 5.11 Å². The molecule has 0 spiro atoms. The molecule has 17 heavy (non-hydrogen) atoms. The van der Waals surface area contributed by atoms with Crippen molar-refractivity contribution < 1.29 is 9.90 Å². The van der Waals surface area contributed by atoms with Gasteiger partial charge in [0.15, 0.2) is 0 Å². The molecule has 0 aliphatic carbocycles. The average molecular weight is 303 g/mol. The summed E-state index contributed by atoms with van der Waals surface area (Å²) in [4.78, 5) is 11.9. The van der Waals surface area contributed by atoms with E-state index in [1.165, 1.54) is 0 Å². The lowest BCUT2D eigenvalue weighted by atomic mass is 10.3. The minimum absolute atomic E-state index is 0.0673. The van der Waals surface area contributed by atoms with Gasteiger partial charge in [-0.25, -0.2) is 0 Å². The number of rotatable bonds is 6. The van der Waals surface area contributed by atoms with Gasteiger partial charge in [0.25, 0.3) is 5.91 Å². The predicted molar refractivity (Wildman–Crippen MR) is 71.2 cm³/mol. The molecule has 0 saturated carbocycles. The van der Waals surface area contributed by atoms with Crippen molar-refractivity contribution in [3.05, 3.63) is 22.4 Å². The highest BCUT2D eigenvalue weighted by Crippen LogP contribution is 2.19. The van der Waals surface area contributed by atoms with Gasteiger partial charge >= 0.3 is 0 Å². The lowest BCUT2D eigenvalue weighted by molar-refractivity contribution is 0.0941. The molecule has 0 aliphatic rings. The highest BCUT2D eigenvalue weighted by Gasteiger charge is 2.14. The maximum Gasteiger partial charge on any atom is 0.267 e. The molecule has 0 radical (unpaired) electrons. The fraction of sp³-hybridized carbons (Fsp3) is 0.583. The largest absolute Gasteiger partial charge is 0.396 e. The molecule has 5 heteroatoms. The monoisotopic (exact) mass is 302 g/mol. The van der Waals surface area contributed by atoms with E-state index in [0.717, 1.165) is 17.3 Å². The first-order valence-electron chi connectivity index (χ1n) is 5.82. The van der Waals surface area contributed by atoms with Gasteiger partial charge in [-0.3, -0.25) is 4.79 Å². The number of amides is 1. The Hall–Kier alpha value is -0.810. The average Bonchev–Trinajstić information content (AvgIpc) is 2.66. The van der Waals surface area contributed by atoms with Crippen LogP contribution in [-0.4, -0.2) is 28.7 Å². The number of aliphatic hydroxyl groups is 1. The molecule has 0 bridgehead atoms. The zero-order chi connectivity index (χ0) is 12.8. The van der Waals surface area contributed by atoms with Crippen LogP contribution >= 0.6 is 15.9 Å². The molecule has 4 nitrogen and oxygen atoms in total. The molecule has 96 valence electrons. The Morgan fingerprint density at radius 1 is 1.53 bits per heavy atom. The van der Waals surface area contributed by atoms with Crippen molar-refractivity contribution >= 4 is 21.8 Å². The number of aliphatic hydroxyl groups excluding tert-OH is 1.